The maximum Gasteiger partial charge on any atom is 0.115 e. The summed E-state index contributed by atoms with van der Waals surface area (Å²) in [4.78, 5) is 5.99. The van der Waals surface area contributed by atoms with Gasteiger partial charge in [0.2, 0.25) is 0 Å². The zero-order valence-corrected chi connectivity index (χ0v) is 14.7. The van der Waals surface area contributed by atoms with Gasteiger partial charge in [-0.05, 0) is 35.9 Å². The average molecular weight is 348 g/mol. The van der Waals surface area contributed by atoms with Gasteiger partial charge in [0.1, 0.15) is 11.1 Å². The summed E-state index contributed by atoms with van der Waals surface area (Å²) in [7, 11) is 0. The van der Waals surface area contributed by atoms with Crippen LogP contribution < -0.4 is 0 Å². The van der Waals surface area contributed by atoms with Crippen LogP contribution in [0, 0.1) is 11.3 Å². The molecular formula is C20H16N2S2. The third kappa shape index (κ3) is 3.24. The molecule has 0 bridgehead atoms. The van der Waals surface area contributed by atoms with Crippen LogP contribution in [0.2, 0.25) is 0 Å². The number of pyridine rings is 1. The minimum Gasteiger partial charge on any atom is -0.245 e. The Morgan fingerprint density at radius 1 is 1.17 bits per heavy atom. The van der Waals surface area contributed by atoms with Crippen LogP contribution in [0.4, 0.5) is 0 Å². The summed E-state index contributed by atoms with van der Waals surface area (Å²) in [5.74, 6) is 1.41. The third-order valence-corrected chi connectivity index (χ3v) is 6.07. The van der Waals surface area contributed by atoms with E-state index in [-0.39, 0.29) is 0 Å². The Bertz CT molecular complexity index is 876. The van der Waals surface area contributed by atoms with E-state index in [2.05, 4.69) is 35.7 Å². The number of rotatable bonds is 5. The normalized spacial score (nSPS) is 13.6. The van der Waals surface area contributed by atoms with Crippen LogP contribution in [0.25, 0.3) is 10.4 Å². The van der Waals surface area contributed by atoms with Gasteiger partial charge in [-0.3, -0.25) is 0 Å². The van der Waals surface area contributed by atoms with Crippen LogP contribution in [0.15, 0.2) is 58.9 Å². The van der Waals surface area contributed by atoms with Gasteiger partial charge in [-0.1, -0.05) is 36.4 Å². The van der Waals surface area contributed by atoms with E-state index in [9.17, 15) is 5.26 Å². The molecule has 24 heavy (non-hydrogen) atoms. The number of nitriles is 1. The fourth-order valence-electron chi connectivity index (χ4n) is 2.69. The second-order valence-corrected chi connectivity index (χ2v) is 7.82. The smallest absolute Gasteiger partial charge is 0.115 e. The number of hydrogen-bond donors (Lipinski definition) is 0. The van der Waals surface area contributed by atoms with E-state index in [1.807, 2.05) is 24.3 Å². The molecular weight excluding hydrogens is 332 g/mol. The molecule has 1 saturated carbocycles. The standard InChI is InChI=1S/C20H16N2S2/c21-12-17-16(19-7-4-10-23-19)11-18(15-8-9-15)22-20(17)24-13-14-5-2-1-3-6-14/h1-7,10-11,15H,8-9,13H2. The summed E-state index contributed by atoms with van der Waals surface area (Å²) in [6.07, 6.45) is 2.43. The predicted molar refractivity (Wildman–Crippen MR) is 100 cm³/mol. The van der Waals surface area contributed by atoms with Crippen molar-refractivity contribution in [3.8, 4) is 16.5 Å². The summed E-state index contributed by atoms with van der Waals surface area (Å²) >= 11 is 3.35. The number of aromatic nitrogens is 1. The molecule has 4 rings (SSSR count). The first-order chi connectivity index (χ1) is 11.8. The van der Waals surface area contributed by atoms with Gasteiger partial charge in [0.15, 0.2) is 0 Å². The Hall–Kier alpha value is -2.09. The molecule has 0 atom stereocenters. The second-order valence-electron chi connectivity index (χ2n) is 5.91. The number of benzene rings is 1. The minimum absolute atomic E-state index is 0.576. The van der Waals surface area contributed by atoms with Crippen LogP contribution in [0.5, 0.6) is 0 Å². The third-order valence-electron chi connectivity index (χ3n) is 4.12. The van der Waals surface area contributed by atoms with Gasteiger partial charge in [0, 0.05) is 27.8 Å². The fourth-order valence-corrected chi connectivity index (χ4v) is 4.41. The van der Waals surface area contributed by atoms with Crippen molar-refractivity contribution in [2.45, 2.75) is 29.5 Å². The maximum atomic E-state index is 9.74. The predicted octanol–water partition coefficient (Wildman–Crippen LogP) is 5.85. The van der Waals surface area contributed by atoms with Crippen molar-refractivity contribution >= 4 is 23.1 Å². The summed E-state index contributed by atoms with van der Waals surface area (Å²) in [5.41, 5.74) is 4.15. The highest BCUT2D eigenvalue weighted by atomic mass is 32.2. The van der Waals surface area contributed by atoms with Crippen LogP contribution in [-0.2, 0) is 5.75 Å². The molecule has 2 aromatic heterocycles. The van der Waals surface area contributed by atoms with Gasteiger partial charge in [-0.2, -0.15) is 5.26 Å². The van der Waals surface area contributed by atoms with E-state index < -0.39 is 0 Å². The number of thioether (sulfide) groups is 1. The lowest BCUT2D eigenvalue weighted by molar-refractivity contribution is 0.956. The molecule has 0 saturated heterocycles. The molecule has 1 aromatic carbocycles. The molecule has 3 aromatic rings. The first-order valence-corrected chi connectivity index (χ1v) is 9.87. The van der Waals surface area contributed by atoms with E-state index in [4.69, 9.17) is 4.98 Å². The number of thiophene rings is 1. The van der Waals surface area contributed by atoms with E-state index in [1.54, 1.807) is 23.1 Å². The van der Waals surface area contributed by atoms with Crippen molar-refractivity contribution in [3.63, 3.8) is 0 Å². The lowest BCUT2D eigenvalue weighted by Crippen LogP contribution is -1.97. The molecule has 1 aliphatic rings. The maximum absolute atomic E-state index is 9.74. The Balaban J connectivity index is 1.73. The molecule has 0 unspecified atom stereocenters. The van der Waals surface area contributed by atoms with Crippen molar-refractivity contribution in [2.24, 2.45) is 0 Å². The molecule has 0 amide bonds. The SMILES string of the molecule is N#Cc1c(-c2cccs2)cc(C2CC2)nc1SCc1ccccc1. The highest BCUT2D eigenvalue weighted by molar-refractivity contribution is 7.98. The van der Waals surface area contributed by atoms with Crippen molar-refractivity contribution in [3.05, 3.63) is 70.7 Å². The summed E-state index contributed by atoms with van der Waals surface area (Å²) in [6.45, 7) is 0. The highest BCUT2D eigenvalue weighted by Crippen LogP contribution is 2.43. The molecule has 2 nitrogen and oxygen atoms in total. The summed E-state index contributed by atoms with van der Waals surface area (Å²) in [6, 6.07) is 19.0. The summed E-state index contributed by atoms with van der Waals surface area (Å²) in [5, 5.41) is 12.7. The lowest BCUT2D eigenvalue weighted by Gasteiger charge is -2.11. The van der Waals surface area contributed by atoms with Gasteiger partial charge in [-0.25, -0.2) is 4.98 Å². The van der Waals surface area contributed by atoms with Gasteiger partial charge in [0.05, 0.1) is 5.56 Å². The molecule has 0 spiro atoms. The van der Waals surface area contributed by atoms with Gasteiger partial charge in [0.25, 0.3) is 0 Å². The number of nitrogens with zero attached hydrogens (tertiary/aromatic N) is 2. The largest absolute Gasteiger partial charge is 0.245 e. The molecule has 4 heteroatoms. The highest BCUT2D eigenvalue weighted by Gasteiger charge is 2.27. The zero-order chi connectivity index (χ0) is 16.4. The average Bonchev–Trinajstić information content (AvgIpc) is 3.34. The van der Waals surface area contributed by atoms with E-state index in [0.717, 1.165) is 26.9 Å². The van der Waals surface area contributed by atoms with Gasteiger partial charge < -0.3 is 0 Å². The molecule has 118 valence electrons. The Morgan fingerprint density at radius 2 is 2.00 bits per heavy atom. The quantitative estimate of drug-likeness (QED) is 0.543. The van der Waals surface area contributed by atoms with Crippen LogP contribution >= 0.6 is 23.1 Å². The molecule has 2 heterocycles. The van der Waals surface area contributed by atoms with E-state index in [1.165, 1.54) is 18.4 Å². The molecule has 1 fully saturated rings. The van der Waals surface area contributed by atoms with Crippen molar-refractivity contribution in [1.82, 2.24) is 4.98 Å². The molecule has 1 aliphatic carbocycles. The first-order valence-electron chi connectivity index (χ1n) is 8.01. The van der Waals surface area contributed by atoms with Crippen LogP contribution in [-0.4, -0.2) is 4.98 Å². The van der Waals surface area contributed by atoms with E-state index in [0.29, 0.717) is 11.5 Å². The minimum atomic E-state index is 0.576. The van der Waals surface area contributed by atoms with Crippen LogP contribution in [0.1, 0.15) is 35.6 Å². The summed E-state index contributed by atoms with van der Waals surface area (Å²) < 4.78 is 0. The molecule has 0 N–H and O–H groups in total. The Labute approximate surface area is 150 Å². The Kier molecular flexibility index (Phi) is 4.38. The topological polar surface area (TPSA) is 36.7 Å². The molecule has 0 aliphatic heterocycles. The fraction of sp³-hybridized carbons (Fsp3) is 0.200. The number of hydrogen-bond acceptors (Lipinski definition) is 4. The lowest BCUT2D eigenvalue weighted by atomic mass is 10.1. The second kappa shape index (κ2) is 6.80. The zero-order valence-electron chi connectivity index (χ0n) is 13.1. The monoisotopic (exact) mass is 348 g/mol. The Morgan fingerprint density at radius 3 is 2.67 bits per heavy atom. The molecule has 0 radical (unpaired) electrons. The van der Waals surface area contributed by atoms with Crippen molar-refractivity contribution in [2.75, 3.05) is 0 Å². The van der Waals surface area contributed by atoms with Crippen molar-refractivity contribution in [1.29, 1.82) is 5.26 Å². The van der Waals surface area contributed by atoms with Gasteiger partial charge >= 0.3 is 0 Å². The van der Waals surface area contributed by atoms with Crippen molar-refractivity contribution < 1.29 is 0 Å². The van der Waals surface area contributed by atoms with Crippen LogP contribution in [0.3, 0.4) is 0 Å². The van der Waals surface area contributed by atoms with E-state index >= 15 is 0 Å². The first kappa shape index (κ1) is 15.4. The van der Waals surface area contributed by atoms with Gasteiger partial charge in [-0.15, -0.1) is 23.1 Å².